The summed E-state index contributed by atoms with van der Waals surface area (Å²) in [6.07, 6.45) is 0. The smallest absolute Gasteiger partial charge is 0.118 e. The maximum Gasteiger partial charge on any atom is 0.118 e. The quantitative estimate of drug-likeness (QED) is 0.628. The van der Waals surface area contributed by atoms with Gasteiger partial charge in [-0.1, -0.05) is 18.2 Å². The van der Waals surface area contributed by atoms with E-state index in [9.17, 15) is 0 Å². The van der Waals surface area contributed by atoms with E-state index in [1.165, 1.54) is 10.6 Å². The van der Waals surface area contributed by atoms with Crippen LogP contribution in [-0.2, 0) is 0 Å². The Balaban J connectivity index is 1.72. The summed E-state index contributed by atoms with van der Waals surface area (Å²) in [5.41, 5.74) is 1.17. The molecule has 0 radical (unpaired) electrons. The van der Waals surface area contributed by atoms with Gasteiger partial charge in [0.1, 0.15) is 5.75 Å². The molecule has 0 bridgehead atoms. The molecular formula is C15H17NOS. The number of hydrogen-bond donors (Lipinski definition) is 1. The van der Waals surface area contributed by atoms with Crippen molar-refractivity contribution in [1.82, 2.24) is 0 Å². The second-order valence-electron chi connectivity index (χ2n) is 3.82. The van der Waals surface area contributed by atoms with Gasteiger partial charge in [-0.3, -0.25) is 0 Å². The van der Waals surface area contributed by atoms with Crippen molar-refractivity contribution in [2.75, 3.05) is 24.7 Å². The van der Waals surface area contributed by atoms with Crippen molar-refractivity contribution in [2.24, 2.45) is 0 Å². The first-order valence-electron chi connectivity index (χ1n) is 5.94. The van der Waals surface area contributed by atoms with Crippen LogP contribution in [0.3, 0.4) is 0 Å². The van der Waals surface area contributed by atoms with E-state index in [0.29, 0.717) is 0 Å². The van der Waals surface area contributed by atoms with Crippen LogP contribution in [0.1, 0.15) is 0 Å². The van der Waals surface area contributed by atoms with Crippen molar-refractivity contribution in [1.29, 1.82) is 0 Å². The van der Waals surface area contributed by atoms with Gasteiger partial charge in [0.25, 0.3) is 0 Å². The van der Waals surface area contributed by atoms with E-state index in [4.69, 9.17) is 4.74 Å². The third-order valence-corrected chi connectivity index (χ3v) is 3.55. The third kappa shape index (κ3) is 4.00. The van der Waals surface area contributed by atoms with Gasteiger partial charge in [0.2, 0.25) is 0 Å². The number of anilines is 1. The van der Waals surface area contributed by atoms with E-state index in [-0.39, 0.29) is 0 Å². The van der Waals surface area contributed by atoms with E-state index < -0.39 is 0 Å². The Kier molecular flexibility index (Phi) is 4.97. The standard InChI is InChI=1S/C15H17NOS/c1-17-14-7-9-15(10-8-14)18-12-11-16-13-5-3-2-4-6-13/h2-10,16H,11-12H2,1H3. The molecule has 2 aromatic rings. The maximum atomic E-state index is 5.13. The number of rotatable bonds is 6. The van der Waals surface area contributed by atoms with Gasteiger partial charge < -0.3 is 10.1 Å². The maximum absolute atomic E-state index is 5.13. The molecule has 1 N–H and O–H groups in total. The van der Waals surface area contributed by atoms with Crippen LogP contribution in [-0.4, -0.2) is 19.4 Å². The predicted molar refractivity (Wildman–Crippen MR) is 78.6 cm³/mol. The van der Waals surface area contributed by atoms with Crippen molar-refractivity contribution in [3.05, 3.63) is 54.6 Å². The van der Waals surface area contributed by atoms with Crippen LogP contribution in [0.25, 0.3) is 0 Å². The van der Waals surface area contributed by atoms with Gasteiger partial charge in [0, 0.05) is 22.9 Å². The minimum Gasteiger partial charge on any atom is -0.497 e. The van der Waals surface area contributed by atoms with Crippen LogP contribution in [0.15, 0.2) is 59.5 Å². The molecule has 0 atom stereocenters. The summed E-state index contributed by atoms with van der Waals surface area (Å²) in [7, 11) is 1.69. The van der Waals surface area contributed by atoms with Crippen LogP contribution in [0.5, 0.6) is 5.75 Å². The monoisotopic (exact) mass is 259 g/mol. The van der Waals surface area contributed by atoms with Crippen LogP contribution in [0.2, 0.25) is 0 Å². The second-order valence-corrected chi connectivity index (χ2v) is 4.99. The Morgan fingerprint density at radius 1 is 1.00 bits per heavy atom. The topological polar surface area (TPSA) is 21.3 Å². The van der Waals surface area contributed by atoms with E-state index >= 15 is 0 Å². The minimum absolute atomic E-state index is 0.904. The van der Waals surface area contributed by atoms with Crippen molar-refractivity contribution in [3.63, 3.8) is 0 Å². The zero-order chi connectivity index (χ0) is 12.6. The van der Waals surface area contributed by atoms with Crippen LogP contribution >= 0.6 is 11.8 Å². The molecule has 0 unspecified atom stereocenters. The zero-order valence-corrected chi connectivity index (χ0v) is 11.2. The Morgan fingerprint density at radius 3 is 2.39 bits per heavy atom. The molecule has 0 heterocycles. The summed E-state index contributed by atoms with van der Waals surface area (Å²) in [6, 6.07) is 18.4. The molecule has 0 aliphatic carbocycles. The first-order valence-corrected chi connectivity index (χ1v) is 6.93. The highest BCUT2D eigenvalue weighted by Crippen LogP contribution is 2.21. The van der Waals surface area contributed by atoms with Gasteiger partial charge in [-0.2, -0.15) is 0 Å². The lowest BCUT2D eigenvalue weighted by molar-refractivity contribution is 0.414. The van der Waals surface area contributed by atoms with Gasteiger partial charge in [-0.25, -0.2) is 0 Å². The number of ether oxygens (including phenoxy) is 1. The summed E-state index contributed by atoms with van der Waals surface area (Å²) in [5, 5.41) is 3.39. The second kappa shape index (κ2) is 6.97. The molecule has 3 heteroatoms. The fourth-order valence-corrected chi connectivity index (χ4v) is 2.36. The molecule has 0 fully saturated rings. The number of thioether (sulfide) groups is 1. The van der Waals surface area contributed by atoms with E-state index in [0.717, 1.165) is 18.0 Å². The Morgan fingerprint density at radius 2 is 1.72 bits per heavy atom. The Bertz CT molecular complexity index is 456. The summed E-state index contributed by atoms with van der Waals surface area (Å²) in [4.78, 5) is 1.27. The molecule has 2 nitrogen and oxygen atoms in total. The average Bonchev–Trinajstić information content (AvgIpc) is 2.45. The number of para-hydroxylation sites is 1. The van der Waals surface area contributed by atoms with Crippen molar-refractivity contribution in [3.8, 4) is 5.75 Å². The summed E-state index contributed by atoms with van der Waals surface area (Å²) in [6.45, 7) is 0.959. The molecular weight excluding hydrogens is 242 g/mol. The number of methoxy groups -OCH3 is 1. The fraction of sp³-hybridized carbons (Fsp3) is 0.200. The predicted octanol–water partition coefficient (Wildman–Crippen LogP) is 3.90. The van der Waals surface area contributed by atoms with Crippen LogP contribution < -0.4 is 10.1 Å². The molecule has 2 aromatic carbocycles. The highest BCUT2D eigenvalue weighted by molar-refractivity contribution is 7.99. The van der Waals surface area contributed by atoms with Crippen molar-refractivity contribution >= 4 is 17.4 Å². The molecule has 18 heavy (non-hydrogen) atoms. The third-order valence-electron chi connectivity index (χ3n) is 2.53. The largest absolute Gasteiger partial charge is 0.497 e. The first-order chi connectivity index (χ1) is 8.88. The van der Waals surface area contributed by atoms with Crippen LogP contribution in [0.4, 0.5) is 5.69 Å². The summed E-state index contributed by atoms with van der Waals surface area (Å²) in [5.74, 6) is 1.95. The average molecular weight is 259 g/mol. The Hall–Kier alpha value is -1.61. The zero-order valence-electron chi connectivity index (χ0n) is 10.4. The highest BCUT2D eigenvalue weighted by atomic mass is 32.2. The van der Waals surface area contributed by atoms with Gasteiger partial charge in [0.05, 0.1) is 7.11 Å². The van der Waals surface area contributed by atoms with Gasteiger partial charge in [-0.05, 0) is 36.4 Å². The molecule has 0 spiro atoms. The lowest BCUT2D eigenvalue weighted by Gasteiger charge is -2.06. The van der Waals surface area contributed by atoms with Gasteiger partial charge in [-0.15, -0.1) is 11.8 Å². The van der Waals surface area contributed by atoms with Gasteiger partial charge in [0.15, 0.2) is 0 Å². The summed E-state index contributed by atoms with van der Waals surface area (Å²) >= 11 is 1.84. The first kappa shape index (κ1) is 12.8. The normalized spacial score (nSPS) is 10.1. The van der Waals surface area contributed by atoms with E-state index in [2.05, 4.69) is 29.6 Å². The van der Waals surface area contributed by atoms with Crippen molar-refractivity contribution < 1.29 is 4.74 Å². The fourth-order valence-electron chi connectivity index (χ4n) is 1.59. The van der Waals surface area contributed by atoms with E-state index in [1.807, 2.05) is 42.1 Å². The molecule has 0 amide bonds. The molecule has 0 aromatic heterocycles. The molecule has 94 valence electrons. The summed E-state index contributed by atoms with van der Waals surface area (Å²) < 4.78 is 5.13. The highest BCUT2D eigenvalue weighted by Gasteiger charge is 1.95. The Labute approximate surface area is 112 Å². The van der Waals surface area contributed by atoms with Crippen molar-refractivity contribution in [2.45, 2.75) is 4.90 Å². The molecule has 0 aliphatic heterocycles. The number of benzene rings is 2. The number of nitrogens with one attached hydrogen (secondary N) is 1. The van der Waals surface area contributed by atoms with E-state index in [1.54, 1.807) is 7.11 Å². The SMILES string of the molecule is COc1ccc(SCCNc2ccccc2)cc1. The lowest BCUT2D eigenvalue weighted by Crippen LogP contribution is -2.03. The molecule has 2 rings (SSSR count). The molecule has 0 saturated carbocycles. The molecule has 0 saturated heterocycles. The lowest BCUT2D eigenvalue weighted by atomic mass is 10.3. The molecule has 0 aliphatic rings. The van der Waals surface area contributed by atoms with Crippen LogP contribution in [0, 0.1) is 0 Å². The van der Waals surface area contributed by atoms with Gasteiger partial charge >= 0.3 is 0 Å². The number of hydrogen-bond acceptors (Lipinski definition) is 3. The minimum atomic E-state index is 0.904.